The van der Waals surface area contributed by atoms with Crippen LogP contribution < -0.4 is 0 Å². The Morgan fingerprint density at radius 1 is 1.10 bits per heavy atom. The summed E-state index contributed by atoms with van der Waals surface area (Å²) in [4.78, 5) is 36.0. The fourth-order valence-electron chi connectivity index (χ4n) is 1.64. The average Bonchev–Trinajstić information content (AvgIpc) is 2.91. The third kappa shape index (κ3) is 3.08. The molecule has 0 saturated heterocycles. The highest BCUT2D eigenvalue weighted by atomic mass is 32.1. The molecule has 7 heteroatoms. The standard InChI is InChI=1S/C14H16N4O2S/c1-17(2)13(19)10-11(14(20)18(3)4)21-12(16-10)9-6-5-7-15-8-9/h5-8H,1-4H3. The van der Waals surface area contributed by atoms with Gasteiger partial charge in [-0.3, -0.25) is 14.6 Å². The van der Waals surface area contributed by atoms with Crippen LogP contribution in [0.3, 0.4) is 0 Å². The third-order valence-corrected chi connectivity index (χ3v) is 3.84. The SMILES string of the molecule is CN(C)C(=O)c1nc(-c2cccnc2)sc1C(=O)N(C)C. The van der Waals surface area contributed by atoms with Gasteiger partial charge in [-0.05, 0) is 12.1 Å². The number of carbonyl (C=O) groups is 2. The molecule has 2 amide bonds. The van der Waals surface area contributed by atoms with Crippen molar-refractivity contribution in [3.63, 3.8) is 0 Å². The Hall–Kier alpha value is -2.28. The lowest BCUT2D eigenvalue weighted by atomic mass is 10.3. The Bertz CT molecular complexity index is 627. The van der Waals surface area contributed by atoms with Crippen molar-refractivity contribution in [2.75, 3.05) is 28.2 Å². The molecule has 2 aromatic rings. The molecular formula is C14H16N4O2S. The van der Waals surface area contributed by atoms with Crippen molar-refractivity contribution in [2.24, 2.45) is 0 Å². The quantitative estimate of drug-likeness (QED) is 0.864. The first-order valence-corrected chi connectivity index (χ1v) is 7.08. The van der Waals surface area contributed by atoms with E-state index < -0.39 is 0 Å². The average molecular weight is 304 g/mol. The van der Waals surface area contributed by atoms with Gasteiger partial charge < -0.3 is 9.80 Å². The predicted octanol–water partition coefficient (Wildman–Crippen LogP) is 1.61. The van der Waals surface area contributed by atoms with Crippen molar-refractivity contribution in [1.29, 1.82) is 0 Å². The lowest BCUT2D eigenvalue weighted by Gasteiger charge is -2.12. The highest BCUT2D eigenvalue weighted by molar-refractivity contribution is 7.17. The normalized spacial score (nSPS) is 10.3. The number of carbonyl (C=O) groups excluding carboxylic acids is 2. The first-order valence-electron chi connectivity index (χ1n) is 6.26. The van der Waals surface area contributed by atoms with Gasteiger partial charge in [0.15, 0.2) is 5.69 Å². The van der Waals surface area contributed by atoms with Crippen LogP contribution in [0.4, 0.5) is 0 Å². The molecule has 110 valence electrons. The van der Waals surface area contributed by atoms with E-state index in [1.54, 1.807) is 46.7 Å². The molecule has 21 heavy (non-hydrogen) atoms. The highest BCUT2D eigenvalue weighted by Crippen LogP contribution is 2.28. The summed E-state index contributed by atoms with van der Waals surface area (Å²) in [5, 5.41) is 0.610. The molecule has 0 aliphatic carbocycles. The maximum absolute atomic E-state index is 12.2. The molecule has 0 radical (unpaired) electrons. The number of hydrogen-bond donors (Lipinski definition) is 0. The number of aromatic nitrogens is 2. The first-order chi connectivity index (χ1) is 9.91. The van der Waals surface area contributed by atoms with Crippen molar-refractivity contribution in [2.45, 2.75) is 0 Å². The van der Waals surface area contributed by atoms with Crippen LogP contribution in [0.1, 0.15) is 20.2 Å². The molecule has 6 nitrogen and oxygen atoms in total. The van der Waals surface area contributed by atoms with E-state index in [4.69, 9.17) is 0 Å². The van der Waals surface area contributed by atoms with Crippen molar-refractivity contribution >= 4 is 23.2 Å². The third-order valence-electron chi connectivity index (χ3n) is 2.74. The molecule has 2 rings (SSSR count). The highest BCUT2D eigenvalue weighted by Gasteiger charge is 2.26. The summed E-state index contributed by atoms with van der Waals surface area (Å²) < 4.78 is 0. The van der Waals surface area contributed by atoms with Gasteiger partial charge in [-0.2, -0.15) is 0 Å². The Labute approximate surface area is 127 Å². The van der Waals surface area contributed by atoms with E-state index in [1.165, 1.54) is 21.1 Å². The Morgan fingerprint density at radius 3 is 2.29 bits per heavy atom. The van der Waals surface area contributed by atoms with Gasteiger partial charge in [-0.25, -0.2) is 4.98 Å². The molecule has 2 heterocycles. The van der Waals surface area contributed by atoms with Gasteiger partial charge in [-0.1, -0.05) is 0 Å². The molecule has 0 atom stereocenters. The van der Waals surface area contributed by atoms with E-state index in [-0.39, 0.29) is 17.5 Å². The smallest absolute Gasteiger partial charge is 0.273 e. The molecule has 0 fully saturated rings. The maximum Gasteiger partial charge on any atom is 0.273 e. The minimum absolute atomic E-state index is 0.183. The molecule has 0 aromatic carbocycles. The van der Waals surface area contributed by atoms with E-state index in [1.807, 2.05) is 6.07 Å². The molecule has 0 aliphatic heterocycles. The topological polar surface area (TPSA) is 66.4 Å². The second-order valence-corrected chi connectivity index (χ2v) is 5.84. The Balaban J connectivity index is 2.55. The summed E-state index contributed by atoms with van der Waals surface area (Å²) in [6.45, 7) is 0. The summed E-state index contributed by atoms with van der Waals surface area (Å²) >= 11 is 1.20. The van der Waals surface area contributed by atoms with Crippen LogP contribution in [-0.4, -0.2) is 59.8 Å². The molecule has 0 bridgehead atoms. The summed E-state index contributed by atoms with van der Waals surface area (Å²) in [5.41, 5.74) is 0.968. The fourth-order valence-corrected chi connectivity index (χ4v) is 2.71. The minimum atomic E-state index is -0.286. The van der Waals surface area contributed by atoms with Crippen LogP contribution in [-0.2, 0) is 0 Å². The zero-order chi connectivity index (χ0) is 15.6. The van der Waals surface area contributed by atoms with Crippen LogP contribution in [0.15, 0.2) is 24.5 Å². The summed E-state index contributed by atoms with van der Waals surface area (Å²) in [5.74, 6) is -0.514. The molecule has 0 N–H and O–H groups in total. The van der Waals surface area contributed by atoms with Crippen LogP contribution >= 0.6 is 11.3 Å². The zero-order valence-corrected chi connectivity index (χ0v) is 13.1. The van der Waals surface area contributed by atoms with Gasteiger partial charge in [0.1, 0.15) is 9.88 Å². The summed E-state index contributed by atoms with van der Waals surface area (Å²) in [6, 6.07) is 3.64. The number of nitrogens with zero attached hydrogens (tertiary/aromatic N) is 4. The first kappa shape index (κ1) is 15.1. The summed E-state index contributed by atoms with van der Waals surface area (Å²) in [7, 11) is 6.57. The number of thiazole rings is 1. The predicted molar refractivity (Wildman–Crippen MR) is 81.4 cm³/mol. The fraction of sp³-hybridized carbons (Fsp3) is 0.286. The second-order valence-electron chi connectivity index (χ2n) is 4.84. The lowest BCUT2D eigenvalue weighted by Crippen LogP contribution is -2.27. The molecule has 2 aromatic heterocycles. The molecule has 0 unspecified atom stereocenters. The monoisotopic (exact) mass is 304 g/mol. The van der Waals surface area contributed by atoms with Gasteiger partial charge in [0.05, 0.1) is 0 Å². The van der Waals surface area contributed by atoms with E-state index in [0.29, 0.717) is 9.88 Å². The number of amides is 2. The van der Waals surface area contributed by atoms with Crippen molar-refractivity contribution in [3.05, 3.63) is 35.1 Å². The Kier molecular flexibility index (Phi) is 4.32. The van der Waals surface area contributed by atoms with Crippen molar-refractivity contribution in [3.8, 4) is 10.6 Å². The van der Waals surface area contributed by atoms with E-state index >= 15 is 0 Å². The van der Waals surface area contributed by atoms with Crippen LogP contribution in [0.2, 0.25) is 0 Å². The second kappa shape index (κ2) is 6.01. The molecule has 0 aliphatic rings. The van der Waals surface area contributed by atoms with Gasteiger partial charge in [0, 0.05) is 46.1 Å². The van der Waals surface area contributed by atoms with Gasteiger partial charge in [-0.15, -0.1) is 11.3 Å². The van der Waals surface area contributed by atoms with Gasteiger partial charge in [0.2, 0.25) is 0 Å². The van der Waals surface area contributed by atoms with E-state index in [0.717, 1.165) is 5.56 Å². The largest absolute Gasteiger partial charge is 0.344 e. The van der Waals surface area contributed by atoms with Gasteiger partial charge in [0.25, 0.3) is 11.8 Å². The number of pyridine rings is 1. The summed E-state index contributed by atoms with van der Waals surface area (Å²) in [6.07, 6.45) is 3.32. The number of rotatable bonds is 3. The van der Waals surface area contributed by atoms with Crippen LogP contribution in [0.5, 0.6) is 0 Å². The van der Waals surface area contributed by atoms with E-state index in [9.17, 15) is 9.59 Å². The maximum atomic E-state index is 12.2. The molecular weight excluding hydrogens is 288 g/mol. The van der Waals surface area contributed by atoms with Crippen LogP contribution in [0.25, 0.3) is 10.6 Å². The van der Waals surface area contributed by atoms with Crippen molar-refractivity contribution in [1.82, 2.24) is 19.8 Å². The van der Waals surface area contributed by atoms with Crippen LogP contribution in [0, 0.1) is 0 Å². The number of hydrogen-bond acceptors (Lipinski definition) is 5. The molecule has 0 spiro atoms. The molecule has 0 saturated carbocycles. The van der Waals surface area contributed by atoms with Gasteiger partial charge >= 0.3 is 0 Å². The lowest BCUT2D eigenvalue weighted by molar-refractivity contribution is 0.0790. The minimum Gasteiger partial charge on any atom is -0.344 e. The Morgan fingerprint density at radius 2 is 1.76 bits per heavy atom. The van der Waals surface area contributed by atoms with Crippen molar-refractivity contribution < 1.29 is 9.59 Å². The van der Waals surface area contributed by atoms with E-state index in [2.05, 4.69) is 9.97 Å². The zero-order valence-electron chi connectivity index (χ0n) is 12.3.